The summed E-state index contributed by atoms with van der Waals surface area (Å²) in [5.74, 6) is -1.39. The van der Waals surface area contributed by atoms with Crippen LogP contribution in [0.2, 0.25) is 0 Å². The molecule has 1 atom stereocenters. The van der Waals surface area contributed by atoms with Crippen molar-refractivity contribution in [2.75, 3.05) is 0 Å². The summed E-state index contributed by atoms with van der Waals surface area (Å²) in [5.41, 5.74) is 6.61. The van der Waals surface area contributed by atoms with Crippen LogP contribution in [-0.4, -0.2) is 11.5 Å². The van der Waals surface area contributed by atoms with Crippen LogP contribution in [-0.2, 0) is 0 Å². The Morgan fingerprint density at radius 1 is 1.09 bits per heavy atom. The molecule has 0 aliphatic rings. The van der Waals surface area contributed by atoms with Crippen LogP contribution in [0.15, 0.2) is 40.9 Å². The third-order valence-electron chi connectivity index (χ3n) is 2.91. The van der Waals surface area contributed by atoms with Gasteiger partial charge >= 0.3 is 6.36 Å². The van der Waals surface area contributed by atoms with Gasteiger partial charge in [-0.2, -0.15) is 0 Å². The first-order valence-electron chi connectivity index (χ1n) is 5.97. The summed E-state index contributed by atoms with van der Waals surface area (Å²) in [6, 6.07) is 6.48. The van der Waals surface area contributed by atoms with Gasteiger partial charge in [-0.3, -0.25) is 0 Å². The van der Waals surface area contributed by atoms with E-state index >= 15 is 0 Å². The third kappa shape index (κ3) is 3.69. The summed E-state index contributed by atoms with van der Waals surface area (Å²) in [6.45, 7) is 0. The molecule has 2 rings (SSSR count). The molecule has 0 spiro atoms. The van der Waals surface area contributed by atoms with Gasteiger partial charge in [-0.05, 0) is 39.7 Å². The van der Waals surface area contributed by atoms with Gasteiger partial charge in [-0.25, -0.2) is 4.39 Å². The minimum absolute atomic E-state index is 0.127. The summed E-state index contributed by atoms with van der Waals surface area (Å²) in [4.78, 5) is 0. The van der Waals surface area contributed by atoms with Crippen LogP contribution in [0.5, 0.6) is 11.5 Å². The SMILES string of the molecule is N[C@@H](c1ccc(OC(F)(F)F)cc1)c1ccc(F)c(Br)c1O. The monoisotopic (exact) mass is 379 g/mol. The fraction of sp³-hybridized carbons (Fsp3) is 0.143. The lowest BCUT2D eigenvalue weighted by atomic mass is 9.98. The maximum absolute atomic E-state index is 13.3. The largest absolute Gasteiger partial charge is 0.573 e. The number of ether oxygens (including phenoxy) is 1. The lowest BCUT2D eigenvalue weighted by Gasteiger charge is -2.16. The number of nitrogens with two attached hydrogens (primary N) is 1. The second-order valence-corrected chi connectivity index (χ2v) is 5.19. The molecule has 2 aromatic rings. The van der Waals surface area contributed by atoms with Crippen molar-refractivity contribution in [3.63, 3.8) is 0 Å². The molecule has 0 fully saturated rings. The van der Waals surface area contributed by atoms with Crippen LogP contribution >= 0.6 is 15.9 Å². The summed E-state index contributed by atoms with van der Waals surface area (Å²) < 4.78 is 53.1. The lowest BCUT2D eigenvalue weighted by Crippen LogP contribution is -2.17. The fourth-order valence-corrected chi connectivity index (χ4v) is 2.22. The lowest BCUT2D eigenvalue weighted by molar-refractivity contribution is -0.274. The number of hydrogen-bond acceptors (Lipinski definition) is 3. The molecule has 0 saturated heterocycles. The topological polar surface area (TPSA) is 55.5 Å². The normalized spacial score (nSPS) is 13.0. The first kappa shape index (κ1) is 16.6. The number of benzene rings is 2. The molecule has 3 nitrogen and oxygen atoms in total. The van der Waals surface area contributed by atoms with Gasteiger partial charge in [0.1, 0.15) is 17.3 Å². The van der Waals surface area contributed by atoms with Gasteiger partial charge in [0, 0.05) is 5.56 Å². The maximum Gasteiger partial charge on any atom is 0.573 e. The highest BCUT2D eigenvalue weighted by Gasteiger charge is 2.31. The Hall–Kier alpha value is -1.80. The molecule has 8 heteroatoms. The molecule has 0 radical (unpaired) electrons. The van der Waals surface area contributed by atoms with E-state index in [-0.39, 0.29) is 21.5 Å². The molecule has 2 aromatic carbocycles. The average molecular weight is 380 g/mol. The van der Waals surface area contributed by atoms with E-state index in [0.717, 1.165) is 18.2 Å². The molecule has 0 heterocycles. The van der Waals surface area contributed by atoms with Crippen LogP contribution in [0.25, 0.3) is 0 Å². The highest BCUT2D eigenvalue weighted by Crippen LogP contribution is 2.36. The van der Waals surface area contributed by atoms with Gasteiger partial charge in [0.25, 0.3) is 0 Å². The number of halogens is 5. The first-order chi connectivity index (χ1) is 10.2. The van der Waals surface area contributed by atoms with Crippen LogP contribution in [0.1, 0.15) is 17.2 Å². The Bertz CT molecular complexity index is 674. The molecule has 118 valence electrons. The molecule has 0 amide bonds. The van der Waals surface area contributed by atoms with Gasteiger partial charge in [0.05, 0.1) is 10.5 Å². The number of alkyl halides is 3. The van der Waals surface area contributed by atoms with Gasteiger partial charge in [0.2, 0.25) is 0 Å². The zero-order chi connectivity index (χ0) is 16.5. The molecule has 0 aliphatic carbocycles. The van der Waals surface area contributed by atoms with Gasteiger partial charge in [-0.15, -0.1) is 13.2 Å². The molecule has 3 N–H and O–H groups in total. The van der Waals surface area contributed by atoms with E-state index in [2.05, 4.69) is 20.7 Å². The summed E-state index contributed by atoms with van der Waals surface area (Å²) >= 11 is 2.89. The van der Waals surface area contributed by atoms with E-state index < -0.39 is 18.2 Å². The van der Waals surface area contributed by atoms with Crippen molar-refractivity contribution in [2.45, 2.75) is 12.4 Å². The first-order valence-corrected chi connectivity index (χ1v) is 6.76. The van der Waals surface area contributed by atoms with Crippen LogP contribution in [0.3, 0.4) is 0 Å². The molecular formula is C14H10BrF4NO2. The summed E-state index contributed by atoms with van der Waals surface area (Å²) in [7, 11) is 0. The third-order valence-corrected chi connectivity index (χ3v) is 3.66. The molecule has 0 aromatic heterocycles. The molecule has 22 heavy (non-hydrogen) atoms. The molecule has 0 unspecified atom stereocenters. The van der Waals surface area contributed by atoms with E-state index in [1.807, 2.05) is 0 Å². The average Bonchev–Trinajstić information content (AvgIpc) is 2.43. The predicted molar refractivity (Wildman–Crippen MR) is 74.9 cm³/mol. The zero-order valence-corrected chi connectivity index (χ0v) is 12.5. The minimum Gasteiger partial charge on any atom is -0.506 e. The van der Waals surface area contributed by atoms with Crippen molar-refractivity contribution in [2.24, 2.45) is 5.73 Å². The van der Waals surface area contributed by atoms with Crippen molar-refractivity contribution in [3.05, 3.63) is 57.8 Å². The molecule has 0 bridgehead atoms. The smallest absolute Gasteiger partial charge is 0.506 e. The van der Waals surface area contributed by atoms with Gasteiger partial charge < -0.3 is 15.6 Å². The van der Waals surface area contributed by atoms with Crippen LogP contribution in [0.4, 0.5) is 17.6 Å². The van der Waals surface area contributed by atoms with E-state index in [1.54, 1.807) is 0 Å². The number of phenols is 1. The van der Waals surface area contributed by atoms with E-state index in [0.29, 0.717) is 5.56 Å². The number of rotatable bonds is 3. The van der Waals surface area contributed by atoms with Crippen molar-refractivity contribution in [3.8, 4) is 11.5 Å². The summed E-state index contributed by atoms with van der Waals surface area (Å²) in [5, 5.41) is 9.88. The maximum atomic E-state index is 13.3. The Balaban J connectivity index is 2.27. The summed E-state index contributed by atoms with van der Waals surface area (Å²) in [6.07, 6.45) is -4.77. The van der Waals surface area contributed by atoms with Crippen molar-refractivity contribution >= 4 is 15.9 Å². The standard InChI is InChI=1S/C14H10BrF4NO2/c15-11-10(16)6-5-9(13(11)21)12(20)7-1-3-8(4-2-7)22-14(17,18)19/h1-6,12,21H,20H2/t12-/m0/s1. The predicted octanol–water partition coefficient (Wildman–Crippen LogP) is 4.24. The highest BCUT2D eigenvalue weighted by molar-refractivity contribution is 9.10. The second-order valence-electron chi connectivity index (χ2n) is 4.39. The Kier molecular flexibility index (Phi) is 4.62. The molecule has 0 aliphatic heterocycles. The second kappa shape index (κ2) is 6.13. The molecule has 0 saturated carbocycles. The minimum atomic E-state index is -4.77. The van der Waals surface area contributed by atoms with Crippen LogP contribution in [0, 0.1) is 5.82 Å². The van der Waals surface area contributed by atoms with Gasteiger partial charge in [-0.1, -0.05) is 18.2 Å². The number of aromatic hydroxyl groups is 1. The van der Waals surface area contributed by atoms with Crippen LogP contribution < -0.4 is 10.5 Å². The Labute approximate surface area is 131 Å². The van der Waals surface area contributed by atoms with E-state index in [9.17, 15) is 22.7 Å². The van der Waals surface area contributed by atoms with E-state index in [1.165, 1.54) is 18.2 Å². The number of hydrogen-bond donors (Lipinski definition) is 2. The molecular weight excluding hydrogens is 370 g/mol. The zero-order valence-electron chi connectivity index (χ0n) is 10.9. The van der Waals surface area contributed by atoms with Crippen molar-refractivity contribution in [1.29, 1.82) is 0 Å². The van der Waals surface area contributed by atoms with Gasteiger partial charge in [0.15, 0.2) is 0 Å². The number of phenolic OH excluding ortho intramolecular Hbond substituents is 1. The highest BCUT2D eigenvalue weighted by atomic mass is 79.9. The Morgan fingerprint density at radius 2 is 1.68 bits per heavy atom. The Morgan fingerprint density at radius 3 is 2.23 bits per heavy atom. The quantitative estimate of drug-likeness (QED) is 0.784. The van der Waals surface area contributed by atoms with E-state index in [4.69, 9.17) is 5.73 Å². The van der Waals surface area contributed by atoms with Crippen molar-refractivity contribution < 1.29 is 27.4 Å². The fourth-order valence-electron chi connectivity index (χ4n) is 1.86. The van der Waals surface area contributed by atoms with Crippen molar-refractivity contribution in [1.82, 2.24) is 0 Å².